The molecule has 1 saturated heterocycles. The minimum Gasteiger partial charge on any atom is -0.462 e. The number of carbonyl (C=O) groups excluding carboxylic acids is 2. The maximum Gasteiger partial charge on any atom is 0.339 e. The average Bonchev–Trinajstić information content (AvgIpc) is 3.40. The van der Waals surface area contributed by atoms with Crippen LogP contribution in [0, 0.1) is 24.2 Å². The number of anilines is 1. The highest BCUT2D eigenvalue weighted by atomic mass is 35.5. The Bertz CT molecular complexity index is 1280. The summed E-state index contributed by atoms with van der Waals surface area (Å²) in [6, 6.07) is 7.46. The molecule has 4 rings (SSSR count). The van der Waals surface area contributed by atoms with E-state index in [1.807, 2.05) is 12.1 Å². The van der Waals surface area contributed by atoms with E-state index < -0.39 is 0 Å². The first-order valence-electron chi connectivity index (χ1n) is 11.0. The van der Waals surface area contributed by atoms with Crippen LogP contribution in [0.4, 0.5) is 5.13 Å². The monoisotopic (exact) mass is 500 g/mol. The summed E-state index contributed by atoms with van der Waals surface area (Å²) in [5, 5.41) is 10.5. The van der Waals surface area contributed by atoms with Gasteiger partial charge in [0.25, 0.3) is 0 Å². The van der Waals surface area contributed by atoms with Gasteiger partial charge in [-0.25, -0.2) is 9.78 Å². The van der Waals surface area contributed by atoms with E-state index in [1.165, 1.54) is 11.3 Å². The second kappa shape index (κ2) is 10.1. The minimum absolute atomic E-state index is 0.00727. The van der Waals surface area contributed by atoms with E-state index in [0.717, 1.165) is 21.8 Å². The Kier molecular flexibility index (Phi) is 7.22. The Hall–Kier alpha value is -2.93. The summed E-state index contributed by atoms with van der Waals surface area (Å²) in [6.07, 6.45) is 0.788. The number of Topliss-reactive ketones (excluding diaryl/α,β-unsaturated/α-hetero) is 1. The first-order valence-corrected chi connectivity index (χ1v) is 12.2. The molecule has 0 aliphatic carbocycles. The van der Waals surface area contributed by atoms with Gasteiger partial charge in [0.15, 0.2) is 10.9 Å². The number of ether oxygens (including phenoxy) is 2. The number of nitriles is 1. The Labute approximate surface area is 206 Å². The van der Waals surface area contributed by atoms with E-state index in [0.29, 0.717) is 36.0 Å². The molecule has 178 valence electrons. The highest BCUT2D eigenvalue weighted by Crippen LogP contribution is 2.35. The molecule has 0 spiro atoms. The van der Waals surface area contributed by atoms with Gasteiger partial charge in [-0.05, 0) is 38.3 Å². The molecule has 0 amide bonds. The molecule has 2 atom stereocenters. The van der Waals surface area contributed by atoms with Gasteiger partial charge in [0.1, 0.15) is 11.8 Å². The van der Waals surface area contributed by atoms with Gasteiger partial charge >= 0.3 is 5.97 Å². The number of ketones is 1. The van der Waals surface area contributed by atoms with Crippen LogP contribution in [0.5, 0.6) is 0 Å². The Morgan fingerprint density at radius 1 is 1.41 bits per heavy atom. The summed E-state index contributed by atoms with van der Waals surface area (Å²) in [4.78, 5) is 35.1. The summed E-state index contributed by atoms with van der Waals surface area (Å²) in [7, 11) is 1.64. The molecule has 1 N–H and O–H groups in total. The molecule has 2 unspecified atom stereocenters. The first kappa shape index (κ1) is 24.2. The molecule has 2 aromatic heterocycles. The number of benzene rings is 1. The molecule has 3 heterocycles. The van der Waals surface area contributed by atoms with Crippen molar-refractivity contribution in [1.82, 2.24) is 9.97 Å². The van der Waals surface area contributed by atoms with E-state index in [9.17, 15) is 14.9 Å². The van der Waals surface area contributed by atoms with E-state index in [1.54, 1.807) is 33.1 Å². The zero-order valence-electron chi connectivity index (χ0n) is 19.2. The largest absolute Gasteiger partial charge is 0.462 e. The van der Waals surface area contributed by atoms with Crippen LogP contribution >= 0.6 is 22.9 Å². The zero-order chi connectivity index (χ0) is 24.4. The quantitative estimate of drug-likeness (QED) is 0.368. The molecule has 8 nitrogen and oxygen atoms in total. The van der Waals surface area contributed by atoms with Crippen molar-refractivity contribution in [3.05, 3.63) is 45.7 Å². The Balaban J connectivity index is 1.51. The van der Waals surface area contributed by atoms with Crippen LogP contribution in [-0.4, -0.2) is 54.6 Å². The van der Waals surface area contributed by atoms with Gasteiger partial charge in [0.05, 0.1) is 39.1 Å². The molecule has 34 heavy (non-hydrogen) atoms. The van der Waals surface area contributed by atoms with Gasteiger partial charge in [-0.2, -0.15) is 5.26 Å². The molecule has 0 radical (unpaired) electrons. The van der Waals surface area contributed by atoms with Gasteiger partial charge in [-0.1, -0.05) is 29.0 Å². The lowest BCUT2D eigenvalue weighted by molar-refractivity contribution is 0.0375. The average molecular weight is 501 g/mol. The molecule has 1 fully saturated rings. The smallest absolute Gasteiger partial charge is 0.339 e. The minimum atomic E-state index is -0.355. The highest BCUT2D eigenvalue weighted by Gasteiger charge is 2.33. The number of aromatic nitrogens is 2. The number of fused-ring (bicyclic) bond motifs is 1. The molecule has 0 saturated carbocycles. The van der Waals surface area contributed by atoms with Crippen LogP contribution in [0.25, 0.3) is 10.2 Å². The topological polar surface area (TPSA) is 108 Å². The summed E-state index contributed by atoms with van der Waals surface area (Å²) < 4.78 is 11.7. The normalized spacial score (nSPS) is 18.1. The van der Waals surface area contributed by atoms with Crippen molar-refractivity contribution >= 4 is 50.0 Å². The molecule has 1 aliphatic heterocycles. The molecule has 0 bridgehead atoms. The maximum atomic E-state index is 13.0. The lowest BCUT2D eigenvalue weighted by Crippen LogP contribution is -2.45. The standard InChI is InChI=1S/C24H25ClN4O4S/c1-4-33-23(31)15-6-5-7-17-22(15)34-24(28-17)29-9-8-14(19(12-29)32-3)10-18(30)21-16(11-26)20(25)13(2)27-21/h5-7,14,19,27H,4,8-10,12H2,1-3H3. The fourth-order valence-electron chi connectivity index (χ4n) is 4.34. The van der Waals surface area contributed by atoms with Crippen LogP contribution in [0.1, 0.15) is 51.9 Å². The SMILES string of the molecule is CCOC(=O)c1cccc2nc(N3CCC(CC(=O)c4[nH]c(C)c(Cl)c4C#N)C(OC)C3)sc12. The summed E-state index contributed by atoms with van der Waals surface area (Å²) >= 11 is 7.61. The molecule has 3 aromatic rings. The number of hydrogen-bond acceptors (Lipinski definition) is 8. The van der Waals surface area contributed by atoms with E-state index >= 15 is 0 Å². The first-order chi connectivity index (χ1) is 16.4. The number of halogens is 1. The highest BCUT2D eigenvalue weighted by molar-refractivity contribution is 7.22. The van der Waals surface area contributed by atoms with Crippen molar-refractivity contribution in [2.24, 2.45) is 5.92 Å². The number of nitrogens with zero attached hydrogens (tertiary/aromatic N) is 3. The van der Waals surface area contributed by atoms with Gasteiger partial charge in [0, 0.05) is 32.3 Å². The van der Waals surface area contributed by atoms with E-state index in [4.69, 9.17) is 26.1 Å². The van der Waals surface area contributed by atoms with Crippen molar-refractivity contribution in [3.8, 4) is 6.07 Å². The third kappa shape index (κ3) is 4.53. The second-order valence-corrected chi connectivity index (χ2v) is 9.55. The number of H-pyrrole nitrogens is 1. The fraction of sp³-hybridized carbons (Fsp3) is 0.417. The van der Waals surface area contributed by atoms with Crippen LogP contribution in [0.15, 0.2) is 18.2 Å². The molecular formula is C24H25ClN4O4S. The summed E-state index contributed by atoms with van der Waals surface area (Å²) in [5.41, 5.74) is 2.33. The third-order valence-corrected chi connectivity index (χ3v) is 7.76. The number of piperidine rings is 1. The number of esters is 1. The predicted octanol–water partition coefficient (Wildman–Crippen LogP) is 4.75. The molecule has 10 heteroatoms. The lowest BCUT2D eigenvalue weighted by Gasteiger charge is -2.37. The van der Waals surface area contributed by atoms with Gasteiger partial charge in [-0.3, -0.25) is 4.79 Å². The third-order valence-electron chi connectivity index (χ3n) is 6.12. The predicted molar refractivity (Wildman–Crippen MR) is 131 cm³/mol. The molecule has 1 aromatic carbocycles. The second-order valence-electron chi connectivity index (χ2n) is 8.19. The van der Waals surface area contributed by atoms with Gasteiger partial charge in [-0.15, -0.1) is 0 Å². The van der Waals surface area contributed by atoms with Crippen molar-refractivity contribution in [2.75, 3.05) is 31.7 Å². The molecular weight excluding hydrogens is 476 g/mol. The lowest BCUT2D eigenvalue weighted by atomic mass is 9.88. The van der Waals surface area contributed by atoms with Crippen molar-refractivity contribution in [2.45, 2.75) is 32.8 Å². The number of nitrogens with one attached hydrogen (secondary N) is 1. The van der Waals surface area contributed by atoms with Crippen LogP contribution in [0.2, 0.25) is 5.02 Å². The van der Waals surface area contributed by atoms with Crippen molar-refractivity contribution in [1.29, 1.82) is 5.26 Å². The van der Waals surface area contributed by atoms with Crippen LogP contribution < -0.4 is 4.90 Å². The zero-order valence-corrected chi connectivity index (χ0v) is 20.8. The maximum absolute atomic E-state index is 13.0. The van der Waals surface area contributed by atoms with Gasteiger partial charge in [0.2, 0.25) is 0 Å². The number of hydrogen-bond donors (Lipinski definition) is 1. The number of methoxy groups -OCH3 is 1. The van der Waals surface area contributed by atoms with E-state index in [-0.39, 0.29) is 41.5 Å². The van der Waals surface area contributed by atoms with Crippen molar-refractivity contribution < 1.29 is 19.1 Å². The van der Waals surface area contributed by atoms with Crippen LogP contribution in [-0.2, 0) is 9.47 Å². The Morgan fingerprint density at radius 3 is 2.91 bits per heavy atom. The number of thiazole rings is 1. The Morgan fingerprint density at radius 2 is 2.21 bits per heavy atom. The van der Waals surface area contributed by atoms with Gasteiger partial charge < -0.3 is 19.4 Å². The van der Waals surface area contributed by atoms with Crippen LogP contribution in [0.3, 0.4) is 0 Å². The van der Waals surface area contributed by atoms with Crippen molar-refractivity contribution in [3.63, 3.8) is 0 Å². The van der Waals surface area contributed by atoms with E-state index in [2.05, 4.69) is 9.88 Å². The number of aryl methyl sites for hydroxylation is 1. The number of aromatic amines is 1. The molecule has 1 aliphatic rings. The number of carbonyl (C=O) groups is 2. The summed E-state index contributed by atoms with van der Waals surface area (Å²) in [6.45, 7) is 5.09. The fourth-order valence-corrected chi connectivity index (χ4v) is 5.62. The summed E-state index contributed by atoms with van der Waals surface area (Å²) in [5.74, 6) is -0.509. The number of rotatable bonds is 7.